The first-order valence-corrected chi connectivity index (χ1v) is 9.61. The van der Waals surface area contributed by atoms with Gasteiger partial charge >= 0.3 is 6.18 Å². The highest BCUT2D eigenvalue weighted by Crippen LogP contribution is 2.33. The quantitative estimate of drug-likeness (QED) is 0.522. The van der Waals surface area contributed by atoms with Crippen LogP contribution in [0, 0.1) is 6.92 Å². The topological polar surface area (TPSA) is 59.3 Å². The van der Waals surface area contributed by atoms with Gasteiger partial charge < -0.3 is 5.32 Å². The molecule has 1 N–H and O–H groups in total. The molecule has 0 fully saturated rings. The molecule has 3 rings (SSSR count). The average Bonchev–Trinajstić information content (AvgIpc) is 2.99. The van der Waals surface area contributed by atoms with Gasteiger partial charge in [0.1, 0.15) is 0 Å². The molecule has 142 valence electrons. The SMILES string of the molecule is Cc1cc(NC(=O)CSc2nnc3c(Cl)cc(C(F)(F)F)cn23)ccc1Br. The van der Waals surface area contributed by atoms with Gasteiger partial charge in [-0.05, 0) is 36.8 Å². The summed E-state index contributed by atoms with van der Waals surface area (Å²) in [6.07, 6.45) is -3.69. The molecule has 0 saturated carbocycles. The van der Waals surface area contributed by atoms with Gasteiger partial charge in [-0.1, -0.05) is 39.3 Å². The monoisotopic (exact) mass is 478 g/mol. The zero-order valence-electron chi connectivity index (χ0n) is 13.6. The lowest BCUT2D eigenvalue weighted by Gasteiger charge is -2.09. The minimum Gasteiger partial charge on any atom is -0.325 e. The summed E-state index contributed by atoms with van der Waals surface area (Å²) in [5, 5.41) is 10.3. The van der Waals surface area contributed by atoms with E-state index in [1.807, 2.05) is 13.0 Å². The molecule has 0 saturated heterocycles. The summed E-state index contributed by atoms with van der Waals surface area (Å²) in [7, 11) is 0. The van der Waals surface area contributed by atoms with Gasteiger partial charge in [0.05, 0.1) is 16.3 Å². The van der Waals surface area contributed by atoms with Crippen molar-refractivity contribution in [3.05, 3.63) is 51.1 Å². The van der Waals surface area contributed by atoms with E-state index in [-0.39, 0.29) is 27.5 Å². The summed E-state index contributed by atoms with van der Waals surface area (Å²) in [6, 6.07) is 6.14. The number of amides is 1. The molecular weight excluding hydrogens is 469 g/mol. The molecule has 0 aliphatic heterocycles. The Balaban J connectivity index is 1.75. The van der Waals surface area contributed by atoms with E-state index >= 15 is 0 Å². The van der Waals surface area contributed by atoms with Crippen LogP contribution < -0.4 is 5.32 Å². The van der Waals surface area contributed by atoms with Gasteiger partial charge in [-0.3, -0.25) is 9.20 Å². The van der Waals surface area contributed by atoms with Crippen LogP contribution in [-0.2, 0) is 11.0 Å². The zero-order chi connectivity index (χ0) is 19.8. The highest BCUT2D eigenvalue weighted by atomic mass is 79.9. The lowest BCUT2D eigenvalue weighted by atomic mass is 10.2. The molecule has 0 spiro atoms. The Labute approximate surface area is 169 Å². The minimum absolute atomic E-state index is 0.0518. The van der Waals surface area contributed by atoms with Gasteiger partial charge in [0.25, 0.3) is 0 Å². The van der Waals surface area contributed by atoms with Crippen molar-refractivity contribution < 1.29 is 18.0 Å². The molecule has 27 heavy (non-hydrogen) atoms. The van der Waals surface area contributed by atoms with Crippen molar-refractivity contribution >= 4 is 56.5 Å². The predicted octanol–water partition coefficient (Wildman–Crippen LogP) is 5.20. The molecular formula is C16H11BrClF3N4OS. The van der Waals surface area contributed by atoms with Crippen molar-refractivity contribution in [3.63, 3.8) is 0 Å². The Morgan fingerprint density at radius 3 is 2.74 bits per heavy atom. The molecule has 2 heterocycles. The third-order valence-corrected chi connectivity index (χ3v) is 5.64. The first-order chi connectivity index (χ1) is 12.6. The van der Waals surface area contributed by atoms with Crippen LogP contribution in [0.2, 0.25) is 5.02 Å². The second kappa shape index (κ2) is 7.69. The number of hydrogen-bond acceptors (Lipinski definition) is 4. The standard InChI is InChI=1S/C16H11BrClF3N4OS/c1-8-4-10(2-3-11(8)17)22-13(26)7-27-15-24-23-14-12(18)5-9(6-25(14)15)16(19,20)21/h2-6H,7H2,1H3,(H,22,26). The number of rotatable bonds is 4. The fraction of sp³-hybridized carbons (Fsp3) is 0.188. The van der Waals surface area contributed by atoms with Crippen molar-refractivity contribution in [2.45, 2.75) is 18.3 Å². The number of fused-ring (bicyclic) bond motifs is 1. The molecule has 0 aliphatic rings. The number of hydrogen-bond donors (Lipinski definition) is 1. The molecule has 0 unspecified atom stereocenters. The third kappa shape index (κ3) is 4.56. The Morgan fingerprint density at radius 1 is 1.33 bits per heavy atom. The number of benzene rings is 1. The van der Waals surface area contributed by atoms with Crippen LogP contribution in [0.25, 0.3) is 5.65 Å². The van der Waals surface area contributed by atoms with E-state index < -0.39 is 11.7 Å². The smallest absolute Gasteiger partial charge is 0.325 e. The van der Waals surface area contributed by atoms with Crippen LogP contribution in [0.1, 0.15) is 11.1 Å². The fourth-order valence-corrected chi connectivity index (χ4v) is 3.44. The zero-order valence-corrected chi connectivity index (χ0v) is 16.8. The van der Waals surface area contributed by atoms with Gasteiger partial charge in [0.2, 0.25) is 5.91 Å². The summed E-state index contributed by atoms with van der Waals surface area (Å²) < 4.78 is 40.9. The van der Waals surface area contributed by atoms with Gasteiger partial charge in [-0.2, -0.15) is 13.2 Å². The molecule has 0 aliphatic carbocycles. The number of alkyl halides is 3. The second-order valence-electron chi connectivity index (χ2n) is 5.55. The number of anilines is 1. The van der Waals surface area contributed by atoms with Crippen LogP contribution in [0.4, 0.5) is 18.9 Å². The highest BCUT2D eigenvalue weighted by molar-refractivity contribution is 9.10. The fourth-order valence-electron chi connectivity index (χ4n) is 2.24. The lowest BCUT2D eigenvalue weighted by Crippen LogP contribution is -2.14. The van der Waals surface area contributed by atoms with Gasteiger partial charge in [0.15, 0.2) is 10.8 Å². The number of halogens is 5. The van der Waals surface area contributed by atoms with E-state index in [0.29, 0.717) is 5.69 Å². The van der Waals surface area contributed by atoms with Crippen LogP contribution in [-0.4, -0.2) is 26.3 Å². The summed E-state index contributed by atoms with van der Waals surface area (Å²) in [5.74, 6) is -0.374. The minimum atomic E-state index is -4.55. The maximum atomic E-state index is 13.0. The van der Waals surface area contributed by atoms with Crippen LogP contribution in [0.5, 0.6) is 0 Å². The molecule has 1 aromatic carbocycles. The largest absolute Gasteiger partial charge is 0.417 e. The maximum absolute atomic E-state index is 13.0. The van der Waals surface area contributed by atoms with Gasteiger partial charge in [-0.15, -0.1) is 10.2 Å². The van der Waals surface area contributed by atoms with E-state index in [9.17, 15) is 18.0 Å². The van der Waals surface area contributed by atoms with E-state index in [1.54, 1.807) is 12.1 Å². The summed E-state index contributed by atoms with van der Waals surface area (Å²) in [4.78, 5) is 12.1. The summed E-state index contributed by atoms with van der Waals surface area (Å²) in [6.45, 7) is 1.89. The Kier molecular flexibility index (Phi) is 5.68. The predicted molar refractivity (Wildman–Crippen MR) is 101 cm³/mol. The van der Waals surface area contributed by atoms with Crippen molar-refractivity contribution in [3.8, 4) is 0 Å². The molecule has 3 aromatic rings. The van der Waals surface area contributed by atoms with E-state index in [0.717, 1.165) is 38.5 Å². The summed E-state index contributed by atoms with van der Waals surface area (Å²) in [5.41, 5.74) is 0.751. The maximum Gasteiger partial charge on any atom is 0.417 e. The number of nitrogens with one attached hydrogen (secondary N) is 1. The Bertz CT molecular complexity index is 1020. The molecule has 5 nitrogen and oxygen atoms in total. The number of thioether (sulfide) groups is 1. The van der Waals surface area contributed by atoms with Crippen LogP contribution in [0.3, 0.4) is 0 Å². The Hall–Kier alpha value is -1.78. The van der Waals surface area contributed by atoms with E-state index in [4.69, 9.17) is 11.6 Å². The molecule has 2 aromatic heterocycles. The van der Waals surface area contributed by atoms with Crippen LogP contribution in [0.15, 0.2) is 40.1 Å². The number of carbonyl (C=O) groups excluding carboxylic acids is 1. The number of carbonyl (C=O) groups is 1. The molecule has 0 radical (unpaired) electrons. The van der Waals surface area contributed by atoms with E-state index in [1.165, 1.54) is 0 Å². The van der Waals surface area contributed by atoms with Gasteiger partial charge in [0, 0.05) is 16.4 Å². The number of nitrogens with zero attached hydrogens (tertiary/aromatic N) is 3. The molecule has 0 bridgehead atoms. The molecule has 11 heteroatoms. The Morgan fingerprint density at radius 2 is 2.07 bits per heavy atom. The average molecular weight is 480 g/mol. The van der Waals surface area contributed by atoms with Crippen LogP contribution >= 0.6 is 39.3 Å². The van der Waals surface area contributed by atoms with Crippen molar-refractivity contribution in [2.24, 2.45) is 0 Å². The highest BCUT2D eigenvalue weighted by Gasteiger charge is 2.32. The first kappa shape index (κ1) is 20.0. The number of pyridine rings is 1. The number of aromatic nitrogens is 3. The van der Waals surface area contributed by atoms with E-state index in [2.05, 4.69) is 31.4 Å². The number of aryl methyl sites for hydroxylation is 1. The second-order valence-corrected chi connectivity index (χ2v) is 7.76. The van der Waals surface area contributed by atoms with Crippen molar-refractivity contribution in [2.75, 3.05) is 11.1 Å². The normalized spacial score (nSPS) is 11.8. The van der Waals surface area contributed by atoms with Gasteiger partial charge in [-0.25, -0.2) is 0 Å². The van der Waals surface area contributed by atoms with Crippen molar-refractivity contribution in [1.29, 1.82) is 0 Å². The van der Waals surface area contributed by atoms with Crippen molar-refractivity contribution in [1.82, 2.24) is 14.6 Å². The summed E-state index contributed by atoms with van der Waals surface area (Å²) >= 11 is 10.2. The first-order valence-electron chi connectivity index (χ1n) is 7.45. The molecule has 0 atom stereocenters. The third-order valence-electron chi connectivity index (χ3n) is 3.53. The lowest BCUT2D eigenvalue weighted by molar-refractivity contribution is -0.137. The molecule has 1 amide bonds.